The van der Waals surface area contributed by atoms with Gasteiger partial charge in [-0.1, -0.05) is 11.6 Å². The van der Waals surface area contributed by atoms with E-state index in [-0.39, 0.29) is 0 Å². The van der Waals surface area contributed by atoms with Crippen molar-refractivity contribution in [2.24, 2.45) is 0 Å². The molecular formula is C11H15ClN2O2. The second-order valence-corrected chi connectivity index (χ2v) is 4.91. The van der Waals surface area contributed by atoms with Crippen molar-refractivity contribution in [1.29, 1.82) is 0 Å². The van der Waals surface area contributed by atoms with E-state index >= 15 is 0 Å². The van der Waals surface area contributed by atoms with E-state index < -0.39 is 11.6 Å². The summed E-state index contributed by atoms with van der Waals surface area (Å²) in [5, 5.41) is 9.49. The van der Waals surface area contributed by atoms with Crippen LogP contribution in [0.2, 0.25) is 5.15 Å². The topological polar surface area (TPSA) is 53.4 Å². The molecule has 1 amide bonds. The molecule has 0 saturated heterocycles. The Morgan fingerprint density at radius 3 is 2.62 bits per heavy atom. The third-order valence-corrected chi connectivity index (χ3v) is 2.38. The van der Waals surface area contributed by atoms with Crippen molar-refractivity contribution in [1.82, 2.24) is 9.88 Å². The highest BCUT2D eigenvalue weighted by Gasteiger charge is 2.25. The van der Waals surface area contributed by atoms with E-state index in [1.807, 2.05) is 20.8 Å². The van der Waals surface area contributed by atoms with E-state index in [2.05, 4.69) is 4.98 Å². The maximum Gasteiger partial charge on any atom is 0.408 e. The molecule has 0 atom stereocenters. The number of carboxylic acid groups (broad SMARTS) is 1. The molecule has 88 valence electrons. The fraction of sp³-hybridized carbons (Fsp3) is 0.455. The first-order chi connectivity index (χ1) is 7.30. The molecule has 1 aromatic heterocycles. The van der Waals surface area contributed by atoms with Gasteiger partial charge in [0.1, 0.15) is 5.15 Å². The first-order valence-electron chi connectivity index (χ1n) is 4.91. The number of hydrogen-bond donors (Lipinski definition) is 1. The molecule has 1 aromatic rings. The highest BCUT2D eigenvalue weighted by Crippen LogP contribution is 2.18. The Hall–Kier alpha value is -1.29. The van der Waals surface area contributed by atoms with Crippen molar-refractivity contribution in [3.63, 3.8) is 0 Å². The molecule has 1 heterocycles. The number of carbonyl (C=O) groups is 1. The van der Waals surface area contributed by atoms with Crippen LogP contribution in [-0.4, -0.2) is 26.6 Å². The summed E-state index contributed by atoms with van der Waals surface area (Å²) >= 11 is 5.75. The lowest BCUT2D eigenvalue weighted by atomic mass is 10.1. The molecule has 1 N–H and O–H groups in total. The largest absolute Gasteiger partial charge is 0.465 e. The SMILES string of the molecule is CC(C)(C)N(Cc1ccnc(Cl)c1)C(=O)O. The summed E-state index contributed by atoms with van der Waals surface area (Å²) in [6, 6.07) is 3.43. The van der Waals surface area contributed by atoms with Gasteiger partial charge in [-0.3, -0.25) is 4.90 Å². The van der Waals surface area contributed by atoms with Crippen LogP contribution in [0.25, 0.3) is 0 Å². The predicted octanol–water partition coefficient (Wildman–Crippen LogP) is 3.01. The zero-order chi connectivity index (χ0) is 12.3. The standard InChI is InChI=1S/C11H15ClN2O2/c1-11(2,3)14(10(15)16)7-8-4-5-13-9(12)6-8/h4-6H,7H2,1-3H3,(H,15,16). The fourth-order valence-corrected chi connectivity index (χ4v) is 1.51. The van der Waals surface area contributed by atoms with E-state index in [0.29, 0.717) is 11.7 Å². The summed E-state index contributed by atoms with van der Waals surface area (Å²) < 4.78 is 0. The molecule has 1 rings (SSSR count). The van der Waals surface area contributed by atoms with Crippen LogP contribution in [0.1, 0.15) is 26.3 Å². The molecular weight excluding hydrogens is 228 g/mol. The molecule has 0 unspecified atom stereocenters. The molecule has 0 radical (unpaired) electrons. The maximum atomic E-state index is 11.1. The van der Waals surface area contributed by atoms with Crippen molar-refractivity contribution in [3.8, 4) is 0 Å². The Bertz CT molecular complexity index is 388. The van der Waals surface area contributed by atoms with Gasteiger partial charge in [-0.05, 0) is 38.5 Å². The van der Waals surface area contributed by atoms with Crippen molar-refractivity contribution in [3.05, 3.63) is 29.0 Å². The average Bonchev–Trinajstić information content (AvgIpc) is 2.12. The summed E-state index contributed by atoms with van der Waals surface area (Å²) in [7, 11) is 0. The van der Waals surface area contributed by atoms with Crippen LogP contribution < -0.4 is 0 Å². The lowest BCUT2D eigenvalue weighted by Crippen LogP contribution is -2.44. The smallest absolute Gasteiger partial charge is 0.408 e. The molecule has 0 aliphatic rings. The molecule has 0 saturated carbocycles. The Labute approximate surface area is 99.9 Å². The molecule has 0 fully saturated rings. The van der Waals surface area contributed by atoms with Crippen LogP contribution in [0.5, 0.6) is 0 Å². The molecule has 0 spiro atoms. The molecule has 0 aliphatic heterocycles. The van der Waals surface area contributed by atoms with Crippen molar-refractivity contribution in [2.45, 2.75) is 32.9 Å². The normalized spacial score (nSPS) is 11.2. The fourth-order valence-electron chi connectivity index (χ4n) is 1.32. The van der Waals surface area contributed by atoms with Gasteiger partial charge in [-0.25, -0.2) is 9.78 Å². The minimum Gasteiger partial charge on any atom is -0.465 e. The summed E-state index contributed by atoms with van der Waals surface area (Å²) in [6.07, 6.45) is 0.626. The zero-order valence-corrected chi connectivity index (χ0v) is 10.3. The average molecular weight is 243 g/mol. The van der Waals surface area contributed by atoms with E-state index in [1.165, 1.54) is 4.90 Å². The number of nitrogens with zero attached hydrogens (tertiary/aromatic N) is 2. The summed E-state index contributed by atoms with van der Waals surface area (Å²) in [4.78, 5) is 16.3. The van der Waals surface area contributed by atoms with Crippen molar-refractivity contribution in [2.75, 3.05) is 0 Å². The molecule has 0 aliphatic carbocycles. The molecule has 0 aromatic carbocycles. The van der Waals surface area contributed by atoms with E-state index in [1.54, 1.807) is 18.3 Å². The Morgan fingerprint density at radius 2 is 2.19 bits per heavy atom. The second kappa shape index (κ2) is 4.70. The van der Waals surface area contributed by atoms with Crippen LogP contribution in [-0.2, 0) is 6.54 Å². The van der Waals surface area contributed by atoms with Crippen LogP contribution in [0.3, 0.4) is 0 Å². The molecule has 16 heavy (non-hydrogen) atoms. The zero-order valence-electron chi connectivity index (χ0n) is 9.57. The minimum atomic E-state index is -0.944. The van der Waals surface area contributed by atoms with Crippen molar-refractivity contribution >= 4 is 17.7 Å². The van der Waals surface area contributed by atoms with Gasteiger partial charge in [0.05, 0.1) is 0 Å². The number of halogens is 1. The predicted molar refractivity (Wildman–Crippen MR) is 62.6 cm³/mol. The number of hydrogen-bond acceptors (Lipinski definition) is 2. The lowest BCUT2D eigenvalue weighted by Gasteiger charge is -2.33. The molecule has 5 heteroatoms. The van der Waals surface area contributed by atoms with Gasteiger partial charge in [0, 0.05) is 18.3 Å². The van der Waals surface area contributed by atoms with Crippen molar-refractivity contribution < 1.29 is 9.90 Å². The Kier molecular flexibility index (Phi) is 3.75. The lowest BCUT2D eigenvalue weighted by molar-refractivity contribution is 0.0955. The highest BCUT2D eigenvalue weighted by molar-refractivity contribution is 6.29. The van der Waals surface area contributed by atoms with E-state index in [9.17, 15) is 4.79 Å². The van der Waals surface area contributed by atoms with Gasteiger partial charge in [0.2, 0.25) is 0 Å². The van der Waals surface area contributed by atoms with Crippen LogP contribution in [0.4, 0.5) is 4.79 Å². The Balaban J connectivity index is 2.89. The highest BCUT2D eigenvalue weighted by atomic mass is 35.5. The quantitative estimate of drug-likeness (QED) is 0.811. The monoisotopic (exact) mass is 242 g/mol. The number of aromatic nitrogens is 1. The number of amides is 1. The van der Waals surface area contributed by atoms with E-state index in [0.717, 1.165) is 5.56 Å². The van der Waals surface area contributed by atoms with Gasteiger partial charge in [0.15, 0.2) is 0 Å². The summed E-state index contributed by atoms with van der Waals surface area (Å²) in [5.41, 5.74) is 0.388. The minimum absolute atomic E-state index is 0.307. The van der Waals surface area contributed by atoms with Gasteiger partial charge >= 0.3 is 6.09 Å². The third kappa shape index (κ3) is 3.38. The number of pyridine rings is 1. The first-order valence-corrected chi connectivity index (χ1v) is 5.29. The third-order valence-electron chi connectivity index (χ3n) is 2.17. The van der Waals surface area contributed by atoms with Crippen LogP contribution in [0, 0.1) is 0 Å². The second-order valence-electron chi connectivity index (χ2n) is 4.53. The molecule has 0 bridgehead atoms. The maximum absolute atomic E-state index is 11.1. The molecule has 4 nitrogen and oxygen atoms in total. The van der Waals surface area contributed by atoms with Gasteiger partial charge in [0.25, 0.3) is 0 Å². The van der Waals surface area contributed by atoms with Gasteiger partial charge < -0.3 is 5.11 Å². The van der Waals surface area contributed by atoms with E-state index in [4.69, 9.17) is 16.7 Å². The van der Waals surface area contributed by atoms with Gasteiger partial charge in [-0.15, -0.1) is 0 Å². The van der Waals surface area contributed by atoms with Gasteiger partial charge in [-0.2, -0.15) is 0 Å². The summed E-state index contributed by atoms with van der Waals surface area (Å²) in [5.74, 6) is 0. The van der Waals surface area contributed by atoms with Crippen LogP contribution >= 0.6 is 11.6 Å². The van der Waals surface area contributed by atoms with Crippen LogP contribution in [0.15, 0.2) is 18.3 Å². The summed E-state index contributed by atoms with van der Waals surface area (Å²) in [6.45, 7) is 5.86. The Morgan fingerprint density at radius 1 is 1.56 bits per heavy atom. The number of rotatable bonds is 2. The first kappa shape index (κ1) is 12.8.